The van der Waals surface area contributed by atoms with E-state index in [2.05, 4.69) is 0 Å². The minimum absolute atomic E-state index is 0.160. The Bertz CT molecular complexity index is 1030. The maximum atomic E-state index is 12.6. The highest BCUT2D eigenvalue weighted by atomic mass is 32.2. The van der Waals surface area contributed by atoms with Crippen molar-refractivity contribution in [3.63, 3.8) is 0 Å². The number of rotatable bonds is 9. The number of ether oxygens (including phenoxy) is 1. The normalized spacial score (nSPS) is 11.5. The molecule has 2 aromatic carbocycles. The highest BCUT2D eigenvalue weighted by molar-refractivity contribution is 7.89. The maximum Gasteiger partial charge on any atom is 0.312 e. The van der Waals surface area contributed by atoms with Crippen molar-refractivity contribution in [1.29, 1.82) is 0 Å². The van der Waals surface area contributed by atoms with Crippen molar-refractivity contribution in [2.45, 2.75) is 32.6 Å². The first-order chi connectivity index (χ1) is 13.6. The minimum atomic E-state index is -3.85. The summed E-state index contributed by atoms with van der Waals surface area (Å²) in [6.45, 7) is 7.12. The summed E-state index contributed by atoms with van der Waals surface area (Å²) < 4.78 is 31.8. The van der Waals surface area contributed by atoms with Crippen LogP contribution in [0.25, 0.3) is 0 Å². The summed E-state index contributed by atoms with van der Waals surface area (Å²) in [6, 6.07) is 8.86. The predicted molar refractivity (Wildman–Crippen MR) is 109 cm³/mol. The number of benzene rings is 2. The Labute approximate surface area is 170 Å². The zero-order valence-corrected chi connectivity index (χ0v) is 17.7. The van der Waals surface area contributed by atoms with Crippen LogP contribution in [-0.4, -0.2) is 43.1 Å². The van der Waals surface area contributed by atoms with E-state index in [1.54, 1.807) is 26.8 Å². The summed E-state index contributed by atoms with van der Waals surface area (Å²) in [5.74, 6) is -0.479. The number of hydrogen-bond acceptors (Lipinski definition) is 6. The van der Waals surface area contributed by atoms with Gasteiger partial charge in [0.1, 0.15) is 0 Å². The monoisotopic (exact) mass is 420 g/mol. The first kappa shape index (κ1) is 22.5. The number of aryl methyl sites for hydroxylation is 2. The van der Waals surface area contributed by atoms with Gasteiger partial charge in [-0.05, 0) is 37.6 Å². The zero-order valence-electron chi connectivity index (χ0n) is 16.8. The number of Topliss-reactive ketones (excluding diaryl/α,β-unsaturated/α-hetero) is 1. The molecule has 0 unspecified atom stereocenters. The van der Waals surface area contributed by atoms with Gasteiger partial charge < -0.3 is 4.74 Å². The quantitative estimate of drug-likeness (QED) is 0.349. The fourth-order valence-electron chi connectivity index (χ4n) is 2.89. The van der Waals surface area contributed by atoms with Gasteiger partial charge in [0, 0.05) is 24.7 Å². The van der Waals surface area contributed by atoms with E-state index in [4.69, 9.17) is 4.74 Å². The van der Waals surface area contributed by atoms with Crippen molar-refractivity contribution >= 4 is 21.5 Å². The van der Waals surface area contributed by atoms with Crippen LogP contribution in [0.2, 0.25) is 0 Å². The van der Waals surface area contributed by atoms with E-state index in [9.17, 15) is 23.3 Å². The van der Waals surface area contributed by atoms with Crippen molar-refractivity contribution < 1.29 is 22.9 Å². The van der Waals surface area contributed by atoms with Crippen LogP contribution in [-0.2, 0) is 10.0 Å². The fourth-order valence-corrected chi connectivity index (χ4v) is 4.37. The molecule has 2 aromatic rings. The first-order valence-electron chi connectivity index (χ1n) is 9.13. The van der Waals surface area contributed by atoms with Crippen LogP contribution in [0, 0.1) is 24.0 Å². The number of carbonyl (C=O) groups is 1. The molecule has 0 N–H and O–H groups in total. The number of ketones is 1. The number of sulfonamides is 1. The van der Waals surface area contributed by atoms with E-state index < -0.39 is 27.2 Å². The topological polar surface area (TPSA) is 107 Å². The average Bonchev–Trinajstić information content (AvgIpc) is 2.68. The average molecular weight is 420 g/mol. The van der Waals surface area contributed by atoms with Crippen molar-refractivity contribution in [2.75, 3.05) is 19.7 Å². The molecule has 0 aromatic heterocycles. The number of nitrogens with zero attached hydrogens (tertiary/aromatic N) is 2. The number of nitro benzene ring substituents is 1. The summed E-state index contributed by atoms with van der Waals surface area (Å²) >= 11 is 0. The Morgan fingerprint density at radius 1 is 1.10 bits per heavy atom. The van der Waals surface area contributed by atoms with E-state index >= 15 is 0 Å². The number of nitro groups is 1. The molecular formula is C20H24N2O6S. The molecule has 29 heavy (non-hydrogen) atoms. The lowest BCUT2D eigenvalue weighted by molar-refractivity contribution is -0.386. The molecule has 2 rings (SSSR count). The molecular weight excluding hydrogens is 396 g/mol. The third-order valence-corrected chi connectivity index (χ3v) is 6.57. The summed E-state index contributed by atoms with van der Waals surface area (Å²) in [5.41, 5.74) is 1.66. The van der Waals surface area contributed by atoms with E-state index in [1.807, 2.05) is 19.1 Å². The molecule has 0 aliphatic rings. The van der Waals surface area contributed by atoms with Crippen LogP contribution in [0.3, 0.4) is 0 Å². The van der Waals surface area contributed by atoms with Gasteiger partial charge in [0.2, 0.25) is 10.0 Å². The van der Waals surface area contributed by atoms with Gasteiger partial charge in [0.15, 0.2) is 18.1 Å². The minimum Gasteiger partial charge on any atom is -0.478 e. The highest BCUT2D eigenvalue weighted by Crippen LogP contribution is 2.31. The van der Waals surface area contributed by atoms with E-state index in [0.717, 1.165) is 17.2 Å². The fraction of sp³-hybridized carbons (Fsp3) is 0.350. The van der Waals surface area contributed by atoms with Crippen molar-refractivity contribution in [3.05, 3.63) is 63.2 Å². The Kier molecular flexibility index (Phi) is 7.10. The molecule has 0 fully saturated rings. The molecule has 0 radical (unpaired) electrons. The van der Waals surface area contributed by atoms with Crippen molar-refractivity contribution in [2.24, 2.45) is 0 Å². The molecule has 0 saturated carbocycles. The van der Waals surface area contributed by atoms with Gasteiger partial charge in [-0.2, -0.15) is 4.31 Å². The SMILES string of the molecule is CCN(CC)S(=O)(=O)c1ccc(OCC(=O)c2cc(C)ccc2C)c([N+](=O)[O-])c1. The van der Waals surface area contributed by atoms with Crippen molar-refractivity contribution in [3.8, 4) is 5.75 Å². The van der Waals surface area contributed by atoms with Crippen molar-refractivity contribution in [1.82, 2.24) is 4.31 Å². The smallest absolute Gasteiger partial charge is 0.312 e. The lowest BCUT2D eigenvalue weighted by Crippen LogP contribution is -2.30. The summed E-state index contributed by atoms with van der Waals surface area (Å²) in [4.78, 5) is 23.0. The Morgan fingerprint density at radius 2 is 1.76 bits per heavy atom. The largest absolute Gasteiger partial charge is 0.478 e. The molecule has 156 valence electrons. The number of carbonyl (C=O) groups excluding carboxylic acids is 1. The lowest BCUT2D eigenvalue weighted by Gasteiger charge is -2.18. The van der Waals surface area contributed by atoms with Gasteiger partial charge in [-0.25, -0.2) is 8.42 Å². The molecule has 0 atom stereocenters. The molecule has 0 spiro atoms. The van der Waals surface area contributed by atoms with Gasteiger partial charge in [0.05, 0.1) is 9.82 Å². The maximum absolute atomic E-state index is 12.6. The third-order valence-electron chi connectivity index (χ3n) is 4.52. The second kappa shape index (κ2) is 9.15. The molecule has 0 saturated heterocycles. The van der Waals surface area contributed by atoms with Gasteiger partial charge in [-0.3, -0.25) is 14.9 Å². The molecule has 9 heteroatoms. The summed E-state index contributed by atoms with van der Waals surface area (Å²) in [7, 11) is -3.85. The Balaban J connectivity index is 2.31. The van der Waals surface area contributed by atoms with Crippen LogP contribution >= 0.6 is 0 Å². The van der Waals surface area contributed by atoms with Gasteiger partial charge in [-0.1, -0.05) is 31.5 Å². The molecule has 0 amide bonds. The Hall–Kier alpha value is -2.78. The van der Waals surface area contributed by atoms with E-state index in [0.29, 0.717) is 5.56 Å². The molecule has 8 nitrogen and oxygen atoms in total. The highest BCUT2D eigenvalue weighted by Gasteiger charge is 2.26. The molecule has 0 heterocycles. The van der Waals surface area contributed by atoms with Crippen LogP contribution < -0.4 is 4.74 Å². The Morgan fingerprint density at radius 3 is 2.34 bits per heavy atom. The summed E-state index contributed by atoms with van der Waals surface area (Å²) in [6.07, 6.45) is 0. The zero-order chi connectivity index (χ0) is 21.8. The standard InChI is InChI=1S/C20H24N2O6S/c1-5-21(6-2)29(26,27)16-9-10-20(18(12-16)22(24)25)28-13-19(23)17-11-14(3)7-8-15(17)4/h7-12H,5-6,13H2,1-4H3. The van der Waals surface area contributed by atoms with Crippen LogP contribution in [0.1, 0.15) is 35.3 Å². The second-order valence-electron chi connectivity index (χ2n) is 6.51. The number of hydrogen-bond donors (Lipinski definition) is 0. The van der Waals surface area contributed by atoms with Crippen LogP contribution in [0.15, 0.2) is 41.3 Å². The second-order valence-corrected chi connectivity index (χ2v) is 8.44. The van der Waals surface area contributed by atoms with E-state index in [-0.39, 0.29) is 29.5 Å². The van der Waals surface area contributed by atoms with Crippen LogP contribution in [0.4, 0.5) is 5.69 Å². The predicted octanol–water partition coefficient (Wildman–Crippen LogP) is 3.50. The summed E-state index contributed by atoms with van der Waals surface area (Å²) in [5, 5.41) is 11.5. The lowest BCUT2D eigenvalue weighted by atomic mass is 10.0. The van der Waals surface area contributed by atoms with E-state index in [1.165, 1.54) is 16.4 Å². The first-order valence-corrected chi connectivity index (χ1v) is 10.6. The molecule has 0 aliphatic heterocycles. The van der Waals surface area contributed by atoms with Gasteiger partial charge in [-0.15, -0.1) is 0 Å². The molecule has 0 aliphatic carbocycles. The van der Waals surface area contributed by atoms with Gasteiger partial charge in [0.25, 0.3) is 0 Å². The van der Waals surface area contributed by atoms with Gasteiger partial charge >= 0.3 is 5.69 Å². The van der Waals surface area contributed by atoms with Crippen LogP contribution in [0.5, 0.6) is 5.75 Å². The molecule has 0 bridgehead atoms. The third kappa shape index (κ3) is 4.99.